The first-order chi connectivity index (χ1) is 10.2. The number of nitrogens with zero attached hydrogens (tertiary/aromatic N) is 5. The van der Waals surface area contributed by atoms with Crippen molar-refractivity contribution in [2.45, 2.75) is 13.1 Å². The highest BCUT2D eigenvalue weighted by molar-refractivity contribution is 14.0. The summed E-state index contributed by atoms with van der Waals surface area (Å²) in [5.74, 6) is 0.859. The largest absolute Gasteiger partial charge is 0.354 e. The Morgan fingerprint density at radius 1 is 1.36 bits per heavy atom. The lowest BCUT2D eigenvalue weighted by Crippen LogP contribution is -2.39. The average Bonchev–Trinajstić information content (AvgIpc) is 2.99. The molecule has 0 atom stereocenters. The van der Waals surface area contributed by atoms with E-state index >= 15 is 0 Å². The highest BCUT2D eigenvalue weighted by atomic mass is 127. The third-order valence-corrected chi connectivity index (χ3v) is 3.53. The van der Waals surface area contributed by atoms with E-state index in [-0.39, 0.29) is 24.0 Å². The van der Waals surface area contributed by atoms with Crippen LogP contribution in [0, 0.1) is 0 Å². The van der Waals surface area contributed by atoms with Crippen LogP contribution < -0.4 is 5.32 Å². The van der Waals surface area contributed by atoms with Crippen LogP contribution in [0.3, 0.4) is 0 Å². The van der Waals surface area contributed by atoms with Gasteiger partial charge in [-0.05, 0) is 17.7 Å². The summed E-state index contributed by atoms with van der Waals surface area (Å²) in [6, 6.07) is 8.29. The van der Waals surface area contributed by atoms with E-state index < -0.39 is 0 Å². The molecule has 0 radical (unpaired) electrons. The molecule has 0 aliphatic carbocycles. The maximum Gasteiger partial charge on any atom is 0.193 e. The predicted molar refractivity (Wildman–Crippen MR) is 102 cm³/mol. The van der Waals surface area contributed by atoms with E-state index in [9.17, 15) is 0 Å². The van der Waals surface area contributed by atoms with Gasteiger partial charge >= 0.3 is 0 Å². The Bertz CT molecular complexity index is 570. The van der Waals surface area contributed by atoms with E-state index in [4.69, 9.17) is 0 Å². The van der Waals surface area contributed by atoms with Crippen molar-refractivity contribution in [2.24, 2.45) is 4.99 Å². The minimum absolute atomic E-state index is 0. The Morgan fingerprint density at radius 2 is 2.09 bits per heavy atom. The molecule has 8 heteroatoms. The molecule has 0 aliphatic heterocycles. The van der Waals surface area contributed by atoms with Gasteiger partial charge in [0.25, 0.3) is 0 Å². The average molecular weight is 479 g/mol. The van der Waals surface area contributed by atoms with Crippen LogP contribution in [0.25, 0.3) is 0 Å². The molecule has 0 saturated heterocycles. The first-order valence-corrected chi connectivity index (χ1v) is 7.47. The molecule has 2 rings (SSSR count). The second-order valence-corrected chi connectivity index (χ2v) is 5.53. The standard InChI is InChI=1S/C14H19BrN6.HI/c1-16-14(18-7-8-21-11-17-10-19-21)20(2)9-12-3-5-13(15)6-4-12;/h3-6,10-11H,7-9H2,1-2H3,(H,16,18);1H. The maximum absolute atomic E-state index is 4.30. The number of benzene rings is 1. The first kappa shape index (κ1) is 18.9. The lowest BCUT2D eigenvalue weighted by Gasteiger charge is -2.22. The van der Waals surface area contributed by atoms with Gasteiger partial charge in [-0.25, -0.2) is 4.98 Å². The van der Waals surface area contributed by atoms with Crippen LogP contribution in [-0.2, 0) is 13.1 Å². The monoisotopic (exact) mass is 478 g/mol. The first-order valence-electron chi connectivity index (χ1n) is 6.67. The van der Waals surface area contributed by atoms with Gasteiger partial charge in [-0.2, -0.15) is 5.10 Å². The molecule has 0 bridgehead atoms. The van der Waals surface area contributed by atoms with Crippen LogP contribution in [0.5, 0.6) is 0 Å². The quantitative estimate of drug-likeness (QED) is 0.407. The SMILES string of the molecule is CN=C(NCCn1cncn1)N(C)Cc1ccc(Br)cc1.I. The highest BCUT2D eigenvalue weighted by Gasteiger charge is 2.06. The Hall–Kier alpha value is -1.16. The van der Waals surface area contributed by atoms with Crippen molar-refractivity contribution in [3.8, 4) is 0 Å². The van der Waals surface area contributed by atoms with Crippen molar-refractivity contribution >= 4 is 45.9 Å². The van der Waals surface area contributed by atoms with E-state index in [1.54, 1.807) is 18.1 Å². The molecule has 0 spiro atoms. The van der Waals surface area contributed by atoms with E-state index in [2.05, 4.69) is 53.4 Å². The highest BCUT2D eigenvalue weighted by Crippen LogP contribution is 2.11. The Kier molecular flexibility index (Phi) is 8.39. The summed E-state index contributed by atoms with van der Waals surface area (Å²) >= 11 is 3.44. The number of hydrogen-bond acceptors (Lipinski definition) is 3. The number of halogens is 2. The summed E-state index contributed by atoms with van der Waals surface area (Å²) in [7, 11) is 3.81. The zero-order valence-corrected chi connectivity index (χ0v) is 16.5. The fourth-order valence-corrected chi connectivity index (χ4v) is 2.22. The van der Waals surface area contributed by atoms with Crippen LogP contribution in [0.2, 0.25) is 0 Å². The van der Waals surface area contributed by atoms with Crippen molar-refractivity contribution in [1.82, 2.24) is 25.0 Å². The molecule has 6 nitrogen and oxygen atoms in total. The second kappa shape index (κ2) is 9.78. The molecule has 1 aromatic heterocycles. The molecule has 1 N–H and O–H groups in total. The van der Waals surface area contributed by atoms with Gasteiger partial charge in [-0.1, -0.05) is 28.1 Å². The molecule has 0 amide bonds. The van der Waals surface area contributed by atoms with Gasteiger partial charge in [0.2, 0.25) is 0 Å². The molecular weight excluding hydrogens is 459 g/mol. The summed E-state index contributed by atoms with van der Waals surface area (Å²) in [6.45, 7) is 2.31. The van der Waals surface area contributed by atoms with Crippen LogP contribution in [0.1, 0.15) is 5.56 Å². The summed E-state index contributed by atoms with van der Waals surface area (Å²) in [4.78, 5) is 10.3. The topological polar surface area (TPSA) is 58.3 Å². The normalized spacial score (nSPS) is 11.0. The fourth-order valence-electron chi connectivity index (χ4n) is 1.95. The second-order valence-electron chi connectivity index (χ2n) is 4.62. The predicted octanol–water partition coefficient (Wildman–Crippen LogP) is 2.37. The summed E-state index contributed by atoms with van der Waals surface area (Å²) in [5, 5.41) is 7.38. The molecule has 0 aliphatic rings. The van der Waals surface area contributed by atoms with Gasteiger partial charge in [0, 0.05) is 31.7 Å². The number of aromatic nitrogens is 3. The van der Waals surface area contributed by atoms with Crippen molar-refractivity contribution < 1.29 is 0 Å². The smallest absolute Gasteiger partial charge is 0.193 e. The van der Waals surface area contributed by atoms with E-state index in [0.29, 0.717) is 0 Å². The summed E-state index contributed by atoms with van der Waals surface area (Å²) in [5.41, 5.74) is 1.24. The Morgan fingerprint density at radius 3 is 2.68 bits per heavy atom. The van der Waals surface area contributed by atoms with Crippen molar-refractivity contribution in [1.29, 1.82) is 0 Å². The number of hydrogen-bond donors (Lipinski definition) is 1. The molecule has 22 heavy (non-hydrogen) atoms. The van der Waals surface area contributed by atoms with Crippen molar-refractivity contribution in [3.05, 3.63) is 47.0 Å². The van der Waals surface area contributed by atoms with Gasteiger partial charge in [0.15, 0.2) is 5.96 Å². The number of rotatable bonds is 5. The van der Waals surface area contributed by atoms with Crippen LogP contribution >= 0.6 is 39.9 Å². The van der Waals surface area contributed by atoms with Crippen molar-refractivity contribution in [3.63, 3.8) is 0 Å². The number of guanidine groups is 1. The number of nitrogens with one attached hydrogen (secondary N) is 1. The minimum Gasteiger partial charge on any atom is -0.354 e. The zero-order valence-electron chi connectivity index (χ0n) is 12.6. The molecular formula is C14H20BrIN6. The van der Waals surface area contributed by atoms with Gasteiger partial charge in [-0.3, -0.25) is 9.67 Å². The molecule has 120 valence electrons. The van der Waals surface area contributed by atoms with E-state index in [1.807, 2.05) is 19.2 Å². The van der Waals surface area contributed by atoms with Crippen LogP contribution in [0.15, 0.2) is 46.4 Å². The maximum atomic E-state index is 4.30. The lowest BCUT2D eigenvalue weighted by atomic mass is 10.2. The molecule has 1 aromatic carbocycles. The molecule has 0 fully saturated rings. The van der Waals surface area contributed by atoms with E-state index in [0.717, 1.165) is 30.1 Å². The molecule has 1 heterocycles. The summed E-state index contributed by atoms with van der Waals surface area (Å²) < 4.78 is 2.87. The van der Waals surface area contributed by atoms with Gasteiger partial charge in [-0.15, -0.1) is 24.0 Å². The molecule has 2 aromatic rings. The number of aliphatic imine (C=N–C) groups is 1. The zero-order chi connectivity index (χ0) is 15.1. The van der Waals surface area contributed by atoms with Gasteiger partial charge < -0.3 is 10.2 Å². The third-order valence-electron chi connectivity index (χ3n) is 3.00. The Balaban J connectivity index is 0.00000242. The van der Waals surface area contributed by atoms with Gasteiger partial charge in [0.05, 0.1) is 6.54 Å². The van der Waals surface area contributed by atoms with Crippen LogP contribution in [0.4, 0.5) is 0 Å². The minimum atomic E-state index is 0. The lowest BCUT2D eigenvalue weighted by molar-refractivity contribution is 0.470. The summed E-state index contributed by atoms with van der Waals surface area (Å²) in [6.07, 6.45) is 3.24. The van der Waals surface area contributed by atoms with Crippen molar-refractivity contribution in [2.75, 3.05) is 20.6 Å². The molecule has 0 saturated carbocycles. The molecule has 0 unspecified atom stereocenters. The van der Waals surface area contributed by atoms with E-state index in [1.165, 1.54) is 11.9 Å². The van der Waals surface area contributed by atoms with Crippen LogP contribution in [-0.4, -0.2) is 46.3 Å². The Labute approximate surface area is 156 Å². The van der Waals surface area contributed by atoms with Gasteiger partial charge in [0.1, 0.15) is 12.7 Å². The third kappa shape index (κ3) is 5.91. The fraction of sp³-hybridized carbons (Fsp3) is 0.357.